The molecule has 2 unspecified atom stereocenters. The number of piperidine rings is 2. The summed E-state index contributed by atoms with van der Waals surface area (Å²) in [5, 5.41) is 26.1. The number of ether oxygens (including phenoxy) is 1. The molecule has 1 amide bonds. The van der Waals surface area contributed by atoms with Crippen molar-refractivity contribution in [3.63, 3.8) is 0 Å². The Bertz CT molecular complexity index is 2850. The Morgan fingerprint density at radius 3 is 2.36 bits per heavy atom. The first-order chi connectivity index (χ1) is 35.7. The average molecular weight is 1070 g/mol. The summed E-state index contributed by atoms with van der Waals surface area (Å²) in [6.07, 6.45) is 14.5. The van der Waals surface area contributed by atoms with Crippen LogP contribution in [0.5, 0.6) is 5.75 Å². The van der Waals surface area contributed by atoms with Gasteiger partial charge in [-0.05, 0) is 124 Å². The number of carbonyl (C=O) groups excluding carboxylic acids is 5. The molecular weight excluding hydrogens is 1000 g/mol. The van der Waals surface area contributed by atoms with Gasteiger partial charge in [-0.1, -0.05) is 60.7 Å². The summed E-state index contributed by atoms with van der Waals surface area (Å²) in [7, 11) is 2.04. The highest BCUT2D eigenvalue weighted by Gasteiger charge is 2.42. The fourth-order valence-corrected chi connectivity index (χ4v) is 13.4. The molecule has 2 fully saturated rings. The Hall–Kier alpha value is -5.99. The van der Waals surface area contributed by atoms with Crippen LogP contribution in [0.4, 0.5) is 11.4 Å². The molecule has 0 spiro atoms. The monoisotopic (exact) mass is 1070 g/mol. The van der Waals surface area contributed by atoms with E-state index in [9.17, 15) is 32.4 Å². The second kappa shape index (κ2) is 27.5. The van der Waals surface area contributed by atoms with E-state index < -0.39 is 21.6 Å². The molecule has 0 bridgehead atoms. The molecule has 2 saturated heterocycles. The van der Waals surface area contributed by atoms with Gasteiger partial charge in [-0.3, -0.25) is 19.3 Å². The summed E-state index contributed by atoms with van der Waals surface area (Å²) < 4.78 is 35.1. The number of thiophene rings is 1. The number of hydrogen-bond acceptors (Lipinski definition) is 15. The molecule has 5 heterocycles. The van der Waals surface area contributed by atoms with Gasteiger partial charge in [0.15, 0.2) is 18.3 Å². The van der Waals surface area contributed by atoms with Crippen molar-refractivity contribution in [3.05, 3.63) is 124 Å². The zero-order chi connectivity index (χ0) is 54.2. The summed E-state index contributed by atoms with van der Waals surface area (Å²) in [5.74, 6) is 1.12. The number of halogens is 1. The predicted octanol–water partition coefficient (Wildman–Crippen LogP) is 7.87. The van der Waals surface area contributed by atoms with Gasteiger partial charge >= 0.3 is 0 Å². The standard InChI is InChI=1S/C51H54ClN5O8S2.C2H7N.2CH4O/c1-4-33(32-67(63,64)56-24-21-38(29-51(56,2)3)53-37-9-5-8-35(28-37)49-47(52)48(65-27-26-59)44(31-61)66-49)13-14-36-15-18-45(54-36)55-22-19-34(20-23-55)40-16-17-43-46-41(40)11-6-12-42(46)50(62)57(43)39(30-60)10-7-25-58;1-3-2;2*1-2/h4-6,8-9,11-14,16-18,25-26,28,30-31,34,38-39,53-54H,1,7,10,15,19-24,27,29,32H2,2-3H3;3H,1-2H3;2*2H,1H3/b33-13+,36-14+;;;. The van der Waals surface area contributed by atoms with E-state index in [0.717, 1.165) is 92.0 Å². The van der Waals surface area contributed by atoms with Crippen molar-refractivity contribution < 1.29 is 47.3 Å². The van der Waals surface area contributed by atoms with Gasteiger partial charge in [0.2, 0.25) is 10.0 Å². The fraction of sp³-hybridized carbons (Fsp3) is 0.400. The number of hydrogen-bond donors (Lipinski definition) is 5. The van der Waals surface area contributed by atoms with Crippen LogP contribution in [0.1, 0.15) is 90.3 Å². The van der Waals surface area contributed by atoms with Crippen LogP contribution in [-0.4, -0.2) is 137 Å². The first-order valence-electron chi connectivity index (χ1n) is 24.4. The molecule has 5 N–H and O–H groups in total. The van der Waals surface area contributed by atoms with Crippen molar-refractivity contribution in [2.45, 2.75) is 82.3 Å². The van der Waals surface area contributed by atoms with Crippen molar-refractivity contribution >= 4 is 86.2 Å². The number of nitrogens with one attached hydrogen (secondary N) is 3. The molecule has 16 nitrogen and oxygen atoms in total. The predicted molar refractivity (Wildman–Crippen MR) is 296 cm³/mol. The molecule has 19 heteroatoms. The summed E-state index contributed by atoms with van der Waals surface area (Å²) in [6.45, 7) is 9.64. The van der Waals surface area contributed by atoms with Crippen LogP contribution in [0.15, 0.2) is 103 Å². The Balaban J connectivity index is 0.00000138. The largest absolute Gasteiger partial charge is 0.483 e. The van der Waals surface area contributed by atoms with Gasteiger partial charge < -0.3 is 45.4 Å². The number of benzene rings is 3. The summed E-state index contributed by atoms with van der Waals surface area (Å²) in [4.78, 5) is 64.1. The molecule has 8 rings (SSSR count). The number of aliphatic hydroxyl groups is 2. The molecule has 3 aromatic carbocycles. The Morgan fingerprint density at radius 1 is 1.00 bits per heavy atom. The molecule has 4 aromatic rings. The van der Waals surface area contributed by atoms with E-state index in [1.807, 2.05) is 82.6 Å². The van der Waals surface area contributed by atoms with E-state index in [-0.39, 0.29) is 53.8 Å². The number of aldehydes is 4. The van der Waals surface area contributed by atoms with Crippen LogP contribution in [0, 0.1) is 0 Å². The lowest BCUT2D eigenvalue weighted by Gasteiger charge is -2.45. The molecule has 0 radical (unpaired) electrons. The van der Waals surface area contributed by atoms with E-state index in [4.69, 9.17) is 26.6 Å². The molecule has 2 atom stereocenters. The highest BCUT2D eigenvalue weighted by Crippen LogP contribution is 2.46. The molecule has 4 aliphatic rings. The highest BCUT2D eigenvalue weighted by atomic mass is 35.5. The van der Waals surface area contributed by atoms with Crippen molar-refractivity contribution in [1.82, 2.24) is 19.8 Å². The van der Waals surface area contributed by atoms with Crippen LogP contribution in [0.25, 0.3) is 21.2 Å². The molecule has 1 aromatic heterocycles. The number of amides is 1. The summed E-state index contributed by atoms with van der Waals surface area (Å²) >= 11 is 7.79. The number of rotatable bonds is 19. The lowest BCUT2D eigenvalue weighted by Crippen LogP contribution is -2.55. The molecule has 0 aliphatic carbocycles. The van der Waals surface area contributed by atoms with E-state index in [1.165, 1.54) is 16.9 Å². The van der Waals surface area contributed by atoms with Gasteiger partial charge in [0.05, 0.1) is 22.4 Å². The minimum atomic E-state index is -3.71. The van der Waals surface area contributed by atoms with Crippen LogP contribution >= 0.6 is 22.9 Å². The third kappa shape index (κ3) is 13.5. The number of carbonyl (C=O) groups is 5. The zero-order valence-electron chi connectivity index (χ0n) is 42.9. The summed E-state index contributed by atoms with van der Waals surface area (Å²) in [6, 6.07) is 16.8. The lowest BCUT2D eigenvalue weighted by atomic mass is 9.85. The molecule has 398 valence electrons. The maximum atomic E-state index is 14.0. The maximum absolute atomic E-state index is 14.0. The number of likely N-dealkylation sites (tertiary alicyclic amines) is 1. The van der Waals surface area contributed by atoms with Crippen molar-refractivity contribution in [2.75, 3.05) is 70.5 Å². The first kappa shape index (κ1) is 58.9. The first-order valence-corrected chi connectivity index (χ1v) is 27.2. The number of anilines is 2. The van der Waals surface area contributed by atoms with Gasteiger partial charge in [0.25, 0.3) is 5.91 Å². The van der Waals surface area contributed by atoms with Crippen molar-refractivity contribution in [3.8, 4) is 16.2 Å². The smallest absolute Gasteiger partial charge is 0.259 e. The minimum absolute atomic E-state index is 0.00955. The van der Waals surface area contributed by atoms with Gasteiger partial charge in [-0.2, -0.15) is 4.31 Å². The third-order valence-electron chi connectivity index (χ3n) is 13.2. The topological polar surface area (TPSA) is 215 Å². The van der Waals surface area contributed by atoms with Crippen LogP contribution in [-0.2, 0) is 24.4 Å². The van der Waals surface area contributed by atoms with Crippen molar-refractivity contribution in [1.29, 1.82) is 0 Å². The Labute approximate surface area is 443 Å². The van der Waals surface area contributed by atoms with Crippen LogP contribution in [0.3, 0.4) is 0 Å². The van der Waals surface area contributed by atoms with Crippen LogP contribution in [0.2, 0.25) is 5.02 Å². The van der Waals surface area contributed by atoms with E-state index >= 15 is 0 Å². The number of aliphatic hydroxyl groups excluding tert-OH is 2. The normalized spacial score (nSPS) is 18.4. The Morgan fingerprint density at radius 2 is 1.72 bits per heavy atom. The van der Waals surface area contributed by atoms with Crippen LogP contribution < -0.4 is 25.6 Å². The molecule has 74 heavy (non-hydrogen) atoms. The second-order valence-corrected chi connectivity index (χ2v) is 21.8. The number of sulfonamides is 1. The zero-order valence-corrected chi connectivity index (χ0v) is 45.3. The van der Waals surface area contributed by atoms with E-state index in [1.54, 1.807) is 15.3 Å². The SMILES string of the molecule is C=C/C(=C\C=C1/CC=C(N2CCC(c3ccc4c5c(cccc35)C(=O)N4C(C=O)CCC=O)CC2)N1)CS(=O)(=O)N1CCC(Nc2cccc(-c3sc(C=O)c(OCC=O)c3Cl)c2)CC1(C)C.CNC.CO.CO. The van der Waals surface area contributed by atoms with Gasteiger partial charge in [0, 0.05) is 80.6 Å². The fourth-order valence-electron chi connectivity index (χ4n) is 10.0. The maximum Gasteiger partial charge on any atom is 0.259 e. The van der Waals surface area contributed by atoms with Gasteiger partial charge in [-0.25, -0.2) is 8.42 Å². The molecule has 4 aliphatic heterocycles. The second-order valence-electron chi connectivity index (χ2n) is 18.4. The number of nitrogens with zero attached hydrogens (tertiary/aromatic N) is 3. The Kier molecular flexibility index (Phi) is 21.9. The quantitative estimate of drug-likeness (QED) is 0.0447. The molecular formula is C55H69ClN6O10S2. The van der Waals surface area contributed by atoms with E-state index in [0.29, 0.717) is 59.3 Å². The third-order valence-corrected chi connectivity index (χ3v) is 16.9. The minimum Gasteiger partial charge on any atom is -0.483 e. The summed E-state index contributed by atoms with van der Waals surface area (Å²) in [5.41, 5.74) is 5.00. The molecule has 0 saturated carbocycles. The van der Waals surface area contributed by atoms with Crippen molar-refractivity contribution in [2.24, 2.45) is 0 Å². The average Bonchev–Trinajstić information content (AvgIpc) is 4.10. The van der Waals surface area contributed by atoms with Gasteiger partial charge in [-0.15, -0.1) is 11.3 Å². The lowest BCUT2D eigenvalue weighted by molar-refractivity contribution is -0.110. The number of allylic oxidation sites excluding steroid dienone is 4. The van der Waals surface area contributed by atoms with Gasteiger partial charge in [0.1, 0.15) is 34.9 Å². The highest BCUT2D eigenvalue weighted by molar-refractivity contribution is 7.89. The van der Waals surface area contributed by atoms with E-state index in [2.05, 4.69) is 45.6 Å².